The molecule has 0 fully saturated rings. The van der Waals surface area contributed by atoms with Crippen molar-refractivity contribution in [3.63, 3.8) is 0 Å². The summed E-state index contributed by atoms with van der Waals surface area (Å²) < 4.78 is 5.68. The predicted octanol–water partition coefficient (Wildman–Crippen LogP) is 1.88. The largest absolute Gasteiger partial charge is 0.492 e. The second-order valence-electron chi connectivity index (χ2n) is 5.66. The molecule has 0 aliphatic heterocycles. The van der Waals surface area contributed by atoms with Gasteiger partial charge in [-0.3, -0.25) is 4.99 Å². The van der Waals surface area contributed by atoms with Crippen LogP contribution in [-0.4, -0.2) is 57.2 Å². The zero-order valence-corrected chi connectivity index (χ0v) is 14.5. The number of hydrogen-bond acceptors (Lipinski definition) is 3. The lowest BCUT2D eigenvalue weighted by Crippen LogP contribution is -2.43. The highest BCUT2D eigenvalue weighted by Gasteiger charge is 2.03. The van der Waals surface area contributed by atoms with Crippen LogP contribution in [0.4, 0.5) is 0 Å². The molecule has 0 radical (unpaired) electrons. The Kier molecular flexibility index (Phi) is 8.36. The second kappa shape index (κ2) is 10.1. The minimum atomic E-state index is 0.555. The van der Waals surface area contributed by atoms with Crippen LogP contribution >= 0.6 is 0 Å². The number of aliphatic imine (C=N–C) groups is 1. The summed E-state index contributed by atoms with van der Waals surface area (Å²) >= 11 is 0. The van der Waals surface area contributed by atoms with E-state index in [0.717, 1.165) is 24.8 Å². The molecule has 0 atom stereocenters. The van der Waals surface area contributed by atoms with E-state index in [0.29, 0.717) is 19.2 Å². The fourth-order valence-electron chi connectivity index (χ4n) is 1.80. The lowest BCUT2D eigenvalue weighted by atomic mass is 10.2. The van der Waals surface area contributed by atoms with Crippen LogP contribution in [0, 0.1) is 6.92 Å². The molecule has 5 heteroatoms. The maximum absolute atomic E-state index is 5.68. The molecule has 22 heavy (non-hydrogen) atoms. The standard InChI is InChI=1S/C17H30N4O/c1-14(2)21(5)12-10-19-17(18-4)20-11-13-22-16-8-6-15(3)7-9-16/h6-9,14H,10-13H2,1-5H3,(H2,18,19,20). The Balaban J connectivity index is 2.17. The van der Waals surface area contributed by atoms with Crippen LogP contribution in [0.15, 0.2) is 29.3 Å². The van der Waals surface area contributed by atoms with Gasteiger partial charge in [-0.25, -0.2) is 0 Å². The summed E-state index contributed by atoms with van der Waals surface area (Å²) in [6.07, 6.45) is 0. The monoisotopic (exact) mass is 306 g/mol. The van der Waals surface area contributed by atoms with Gasteiger partial charge in [-0.2, -0.15) is 0 Å². The quantitative estimate of drug-likeness (QED) is 0.437. The maximum Gasteiger partial charge on any atom is 0.191 e. The molecule has 1 aromatic rings. The summed E-state index contributed by atoms with van der Waals surface area (Å²) in [6, 6.07) is 8.64. The van der Waals surface area contributed by atoms with E-state index in [-0.39, 0.29) is 0 Å². The van der Waals surface area contributed by atoms with Crippen LogP contribution in [0.2, 0.25) is 0 Å². The van der Waals surface area contributed by atoms with E-state index in [2.05, 4.69) is 60.5 Å². The highest BCUT2D eigenvalue weighted by atomic mass is 16.5. The Morgan fingerprint density at radius 3 is 2.41 bits per heavy atom. The number of benzene rings is 1. The van der Waals surface area contributed by atoms with Crippen molar-refractivity contribution in [3.8, 4) is 5.75 Å². The third-order valence-corrected chi connectivity index (χ3v) is 3.55. The summed E-state index contributed by atoms with van der Waals surface area (Å²) in [5.41, 5.74) is 1.24. The Morgan fingerprint density at radius 2 is 1.82 bits per heavy atom. The van der Waals surface area contributed by atoms with E-state index >= 15 is 0 Å². The minimum Gasteiger partial charge on any atom is -0.492 e. The zero-order valence-electron chi connectivity index (χ0n) is 14.5. The average molecular weight is 306 g/mol. The van der Waals surface area contributed by atoms with Crippen molar-refractivity contribution in [1.82, 2.24) is 15.5 Å². The van der Waals surface area contributed by atoms with E-state index < -0.39 is 0 Å². The van der Waals surface area contributed by atoms with E-state index in [1.165, 1.54) is 5.56 Å². The normalized spacial score (nSPS) is 11.9. The number of rotatable bonds is 8. The summed E-state index contributed by atoms with van der Waals surface area (Å²) in [5, 5.41) is 6.55. The fraction of sp³-hybridized carbons (Fsp3) is 0.588. The molecule has 5 nitrogen and oxygen atoms in total. The van der Waals surface area contributed by atoms with Crippen molar-refractivity contribution in [2.45, 2.75) is 26.8 Å². The molecule has 0 aromatic heterocycles. The third-order valence-electron chi connectivity index (χ3n) is 3.55. The van der Waals surface area contributed by atoms with Crippen LogP contribution in [0.25, 0.3) is 0 Å². The first-order valence-electron chi connectivity index (χ1n) is 7.87. The predicted molar refractivity (Wildman–Crippen MR) is 93.8 cm³/mol. The summed E-state index contributed by atoms with van der Waals surface area (Å²) in [7, 11) is 3.90. The Labute approximate surface area is 134 Å². The minimum absolute atomic E-state index is 0.555. The summed E-state index contributed by atoms with van der Waals surface area (Å²) in [6.45, 7) is 9.62. The molecule has 0 aliphatic carbocycles. The van der Waals surface area contributed by atoms with E-state index in [9.17, 15) is 0 Å². The first-order chi connectivity index (χ1) is 10.5. The number of nitrogens with zero attached hydrogens (tertiary/aromatic N) is 2. The van der Waals surface area contributed by atoms with Crippen molar-refractivity contribution < 1.29 is 4.74 Å². The maximum atomic E-state index is 5.68. The van der Waals surface area contributed by atoms with Crippen LogP contribution in [0.1, 0.15) is 19.4 Å². The molecule has 124 valence electrons. The molecule has 0 unspecified atom stereocenters. The molecule has 2 N–H and O–H groups in total. The van der Waals surface area contributed by atoms with Gasteiger partial charge in [-0.15, -0.1) is 0 Å². The molecule has 0 bridgehead atoms. The average Bonchev–Trinajstić information content (AvgIpc) is 2.51. The lowest BCUT2D eigenvalue weighted by molar-refractivity contribution is 0.278. The summed E-state index contributed by atoms with van der Waals surface area (Å²) in [4.78, 5) is 6.50. The first kappa shape index (κ1) is 18.3. The fourth-order valence-corrected chi connectivity index (χ4v) is 1.80. The molecule has 0 aliphatic rings. The number of guanidine groups is 1. The van der Waals surface area contributed by atoms with E-state index in [1.807, 2.05) is 12.1 Å². The van der Waals surface area contributed by atoms with Gasteiger partial charge < -0.3 is 20.3 Å². The zero-order chi connectivity index (χ0) is 16.4. The second-order valence-corrected chi connectivity index (χ2v) is 5.66. The molecular weight excluding hydrogens is 276 g/mol. The van der Waals surface area contributed by atoms with E-state index in [4.69, 9.17) is 4.74 Å². The van der Waals surface area contributed by atoms with Crippen molar-refractivity contribution in [2.24, 2.45) is 4.99 Å². The smallest absolute Gasteiger partial charge is 0.191 e. The van der Waals surface area contributed by atoms with Gasteiger partial charge in [0.05, 0.1) is 6.54 Å². The van der Waals surface area contributed by atoms with E-state index in [1.54, 1.807) is 7.05 Å². The van der Waals surface area contributed by atoms with Gasteiger partial charge in [-0.05, 0) is 40.0 Å². The molecule has 0 saturated heterocycles. The van der Waals surface area contributed by atoms with Crippen molar-refractivity contribution in [3.05, 3.63) is 29.8 Å². The Morgan fingerprint density at radius 1 is 1.18 bits per heavy atom. The molecule has 0 amide bonds. The van der Waals surface area contributed by atoms with Crippen molar-refractivity contribution in [2.75, 3.05) is 40.3 Å². The van der Waals surface area contributed by atoms with Crippen molar-refractivity contribution in [1.29, 1.82) is 0 Å². The lowest BCUT2D eigenvalue weighted by Gasteiger charge is -2.21. The number of hydrogen-bond donors (Lipinski definition) is 2. The highest BCUT2D eigenvalue weighted by Crippen LogP contribution is 2.10. The number of ether oxygens (including phenoxy) is 1. The van der Waals surface area contributed by atoms with Crippen LogP contribution in [0.5, 0.6) is 5.75 Å². The van der Waals surface area contributed by atoms with Gasteiger partial charge in [0.25, 0.3) is 0 Å². The third kappa shape index (κ3) is 7.31. The number of nitrogens with one attached hydrogen (secondary N) is 2. The van der Waals surface area contributed by atoms with Gasteiger partial charge in [0.2, 0.25) is 0 Å². The molecule has 0 saturated carbocycles. The molecule has 0 heterocycles. The number of likely N-dealkylation sites (N-methyl/N-ethyl adjacent to an activating group) is 1. The molecule has 1 rings (SSSR count). The van der Waals surface area contributed by atoms with Gasteiger partial charge in [-0.1, -0.05) is 17.7 Å². The van der Waals surface area contributed by atoms with Crippen LogP contribution < -0.4 is 15.4 Å². The Bertz CT molecular complexity index is 442. The summed E-state index contributed by atoms with van der Waals surface area (Å²) in [5.74, 6) is 1.71. The van der Waals surface area contributed by atoms with Crippen molar-refractivity contribution >= 4 is 5.96 Å². The molecular formula is C17H30N4O. The Hall–Kier alpha value is -1.75. The highest BCUT2D eigenvalue weighted by molar-refractivity contribution is 5.79. The van der Waals surface area contributed by atoms with Gasteiger partial charge >= 0.3 is 0 Å². The van der Waals surface area contributed by atoms with Gasteiger partial charge in [0, 0.05) is 26.2 Å². The SMILES string of the molecule is CN=C(NCCOc1ccc(C)cc1)NCCN(C)C(C)C. The van der Waals surface area contributed by atoms with Gasteiger partial charge in [0.15, 0.2) is 5.96 Å². The molecule has 1 aromatic carbocycles. The number of aryl methyl sites for hydroxylation is 1. The van der Waals surface area contributed by atoms with Gasteiger partial charge in [0.1, 0.15) is 12.4 Å². The first-order valence-corrected chi connectivity index (χ1v) is 7.87. The van der Waals surface area contributed by atoms with Crippen LogP contribution in [0.3, 0.4) is 0 Å². The van der Waals surface area contributed by atoms with Crippen LogP contribution in [-0.2, 0) is 0 Å². The topological polar surface area (TPSA) is 48.9 Å². The molecule has 0 spiro atoms.